The molecule has 0 amide bonds. The molecule has 2 rings (SSSR count). The molecule has 0 aliphatic rings. The molecular formula is C12H9F3N2O2. The van der Waals surface area contributed by atoms with Crippen molar-refractivity contribution < 1.29 is 17.9 Å². The highest BCUT2D eigenvalue weighted by atomic mass is 19.4. The first-order chi connectivity index (χ1) is 8.88. The highest BCUT2D eigenvalue weighted by Crippen LogP contribution is 2.30. The number of aromatic nitrogens is 2. The van der Waals surface area contributed by atoms with Gasteiger partial charge in [0.05, 0.1) is 12.7 Å². The van der Waals surface area contributed by atoms with Gasteiger partial charge in [0.2, 0.25) is 0 Å². The molecule has 7 heteroatoms. The normalized spacial score (nSPS) is 11.6. The summed E-state index contributed by atoms with van der Waals surface area (Å²) >= 11 is 0. The summed E-state index contributed by atoms with van der Waals surface area (Å²) in [6, 6.07) is 2.71. The van der Waals surface area contributed by atoms with E-state index in [1.54, 1.807) is 0 Å². The Bertz CT molecular complexity index is 704. The van der Waals surface area contributed by atoms with Crippen LogP contribution in [0.5, 0.6) is 5.75 Å². The third-order valence-electron chi connectivity index (χ3n) is 2.55. The van der Waals surface area contributed by atoms with Crippen LogP contribution in [-0.4, -0.2) is 16.5 Å². The quantitative estimate of drug-likeness (QED) is 0.841. The summed E-state index contributed by atoms with van der Waals surface area (Å²) in [7, 11) is 1.37. The molecule has 0 atom stereocenters. The fourth-order valence-electron chi connectivity index (χ4n) is 1.66. The molecule has 4 nitrogen and oxygen atoms in total. The first-order valence-corrected chi connectivity index (χ1v) is 5.18. The number of halogens is 3. The molecule has 2 heterocycles. The Balaban J connectivity index is 2.90. The van der Waals surface area contributed by atoms with E-state index in [-0.39, 0.29) is 5.65 Å². The van der Waals surface area contributed by atoms with Crippen molar-refractivity contribution in [3.05, 3.63) is 46.5 Å². The summed E-state index contributed by atoms with van der Waals surface area (Å²) in [4.78, 5) is 15.4. The van der Waals surface area contributed by atoms with Crippen LogP contribution in [0.25, 0.3) is 11.7 Å². The van der Waals surface area contributed by atoms with Crippen molar-refractivity contribution >= 4 is 11.7 Å². The monoisotopic (exact) mass is 270 g/mol. The van der Waals surface area contributed by atoms with Gasteiger partial charge in [0.1, 0.15) is 11.4 Å². The largest absolute Gasteiger partial charge is 0.497 e. The lowest BCUT2D eigenvalue weighted by Crippen LogP contribution is -2.24. The van der Waals surface area contributed by atoms with Crippen LogP contribution < -0.4 is 10.3 Å². The van der Waals surface area contributed by atoms with Crippen molar-refractivity contribution in [2.45, 2.75) is 6.18 Å². The van der Waals surface area contributed by atoms with Crippen molar-refractivity contribution in [3.8, 4) is 5.75 Å². The average Bonchev–Trinajstić information content (AvgIpc) is 2.36. The highest BCUT2D eigenvalue weighted by Gasteiger charge is 2.36. The van der Waals surface area contributed by atoms with Crippen molar-refractivity contribution in [1.82, 2.24) is 9.38 Å². The number of pyridine rings is 1. The van der Waals surface area contributed by atoms with Crippen LogP contribution in [0.2, 0.25) is 0 Å². The molecule has 0 aliphatic heterocycles. The Morgan fingerprint density at radius 2 is 2.16 bits per heavy atom. The van der Waals surface area contributed by atoms with E-state index < -0.39 is 23.0 Å². The summed E-state index contributed by atoms with van der Waals surface area (Å²) in [5.41, 5.74) is -2.78. The maximum Gasteiger partial charge on any atom is 0.434 e. The third-order valence-corrected chi connectivity index (χ3v) is 2.55. The molecular weight excluding hydrogens is 261 g/mol. The van der Waals surface area contributed by atoms with E-state index in [4.69, 9.17) is 4.74 Å². The highest BCUT2D eigenvalue weighted by molar-refractivity contribution is 5.54. The van der Waals surface area contributed by atoms with Crippen LogP contribution in [-0.2, 0) is 6.18 Å². The molecule has 0 radical (unpaired) electrons. The number of alkyl halides is 3. The molecule has 19 heavy (non-hydrogen) atoms. The maximum absolute atomic E-state index is 12.8. The average molecular weight is 270 g/mol. The molecule has 2 aromatic rings. The molecule has 0 spiro atoms. The SMILES string of the molecule is C=Cc1c(C(F)(F)F)nc2cc(OC)ccn2c1=O. The zero-order valence-corrected chi connectivity index (χ0v) is 9.86. The van der Waals surface area contributed by atoms with E-state index in [2.05, 4.69) is 11.6 Å². The van der Waals surface area contributed by atoms with Crippen LogP contribution in [0.4, 0.5) is 13.2 Å². The van der Waals surface area contributed by atoms with Crippen molar-refractivity contribution in [2.75, 3.05) is 7.11 Å². The molecule has 0 saturated heterocycles. The van der Waals surface area contributed by atoms with Gasteiger partial charge in [0, 0.05) is 12.3 Å². The van der Waals surface area contributed by atoms with Crippen molar-refractivity contribution in [3.63, 3.8) is 0 Å². The lowest BCUT2D eigenvalue weighted by Gasteiger charge is -2.11. The van der Waals surface area contributed by atoms with E-state index in [1.807, 2.05) is 0 Å². The Morgan fingerprint density at radius 1 is 1.47 bits per heavy atom. The standard InChI is InChI=1S/C12H9F3N2O2/c1-3-8-10(12(13,14)15)16-9-6-7(19-2)4-5-17(9)11(8)18/h3-6H,1H2,2H3. The zero-order valence-electron chi connectivity index (χ0n) is 9.86. The molecule has 0 unspecified atom stereocenters. The summed E-state index contributed by atoms with van der Waals surface area (Å²) in [5, 5.41) is 0. The summed E-state index contributed by atoms with van der Waals surface area (Å²) < 4.78 is 44.4. The first-order valence-electron chi connectivity index (χ1n) is 5.18. The fraction of sp³-hybridized carbons (Fsp3) is 0.167. The minimum absolute atomic E-state index is 0.137. The molecule has 0 fully saturated rings. The summed E-state index contributed by atoms with van der Waals surface area (Å²) in [6.45, 7) is 3.23. The van der Waals surface area contributed by atoms with Gasteiger partial charge in [-0.1, -0.05) is 12.7 Å². The number of hydrogen-bond donors (Lipinski definition) is 0. The lowest BCUT2D eigenvalue weighted by molar-refractivity contribution is -0.141. The number of hydrogen-bond acceptors (Lipinski definition) is 3. The van der Waals surface area contributed by atoms with Gasteiger partial charge in [-0.3, -0.25) is 9.20 Å². The number of fused-ring (bicyclic) bond motifs is 1. The van der Waals surface area contributed by atoms with Gasteiger partial charge in [0.25, 0.3) is 5.56 Å². The second kappa shape index (κ2) is 4.42. The van der Waals surface area contributed by atoms with Gasteiger partial charge in [-0.15, -0.1) is 0 Å². The van der Waals surface area contributed by atoms with E-state index in [9.17, 15) is 18.0 Å². The van der Waals surface area contributed by atoms with E-state index >= 15 is 0 Å². The Morgan fingerprint density at radius 3 is 2.68 bits per heavy atom. The molecule has 0 bridgehead atoms. The van der Waals surface area contributed by atoms with Gasteiger partial charge in [-0.25, -0.2) is 4.98 Å². The van der Waals surface area contributed by atoms with Crippen LogP contribution in [0.3, 0.4) is 0 Å². The summed E-state index contributed by atoms with van der Waals surface area (Å²) in [5.74, 6) is 0.311. The fourth-order valence-corrected chi connectivity index (χ4v) is 1.66. The summed E-state index contributed by atoms with van der Waals surface area (Å²) in [6.07, 6.45) is -2.56. The van der Waals surface area contributed by atoms with E-state index in [0.717, 1.165) is 10.5 Å². The van der Waals surface area contributed by atoms with Crippen LogP contribution >= 0.6 is 0 Å². The van der Waals surface area contributed by atoms with Crippen molar-refractivity contribution in [2.24, 2.45) is 0 Å². The lowest BCUT2D eigenvalue weighted by atomic mass is 10.2. The molecule has 0 aromatic carbocycles. The number of rotatable bonds is 2. The number of nitrogens with zero attached hydrogens (tertiary/aromatic N) is 2. The van der Waals surface area contributed by atoms with Crippen LogP contribution in [0, 0.1) is 0 Å². The molecule has 0 aliphatic carbocycles. The number of ether oxygens (including phenoxy) is 1. The first kappa shape index (κ1) is 13.1. The second-order valence-electron chi connectivity index (χ2n) is 3.68. The van der Waals surface area contributed by atoms with Crippen molar-refractivity contribution in [1.29, 1.82) is 0 Å². The van der Waals surface area contributed by atoms with E-state index in [0.29, 0.717) is 5.75 Å². The Kier molecular flexibility index (Phi) is 3.05. The van der Waals surface area contributed by atoms with Gasteiger partial charge in [-0.2, -0.15) is 13.2 Å². The Labute approximate surface area is 105 Å². The minimum atomic E-state index is -4.72. The molecule has 2 aromatic heterocycles. The van der Waals surface area contributed by atoms with Gasteiger partial charge in [-0.05, 0) is 6.07 Å². The molecule has 0 N–H and O–H groups in total. The molecule has 100 valence electrons. The van der Waals surface area contributed by atoms with Gasteiger partial charge < -0.3 is 4.74 Å². The minimum Gasteiger partial charge on any atom is -0.497 e. The predicted molar refractivity (Wildman–Crippen MR) is 63.1 cm³/mol. The maximum atomic E-state index is 12.8. The second-order valence-corrected chi connectivity index (χ2v) is 3.68. The number of methoxy groups -OCH3 is 1. The zero-order chi connectivity index (χ0) is 14.2. The van der Waals surface area contributed by atoms with Crippen LogP contribution in [0.15, 0.2) is 29.7 Å². The van der Waals surface area contributed by atoms with Gasteiger partial charge >= 0.3 is 6.18 Å². The van der Waals surface area contributed by atoms with Crippen LogP contribution in [0.1, 0.15) is 11.3 Å². The predicted octanol–water partition coefficient (Wildman–Crippen LogP) is 2.36. The Hall–Kier alpha value is -2.31. The smallest absolute Gasteiger partial charge is 0.434 e. The van der Waals surface area contributed by atoms with E-state index in [1.165, 1.54) is 25.4 Å². The third kappa shape index (κ3) is 2.18. The molecule has 0 saturated carbocycles. The topological polar surface area (TPSA) is 43.6 Å². The van der Waals surface area contributed by atoms with Gasteiger partial charge in [0.15, 0.2) is 5.69 Å².